The number of urea groups is 1. The minimum absolute atomic E-state index is 0.0201. The summed E-state index contributed by atoms with van der Waals surface area (Å²) in [6.07, 6.45) is 3.68. The number of nitrogens with zero attached hydrogens (tertiary/aromatic N) is 2. The number of para-hydroxylation sites is 1. The molecule has 23 heavy (non-hydrogen) atoms. The monoisotopic (exact) mass is 315 g/mol. The first kappa shape index (κ1) is 17.1. The molecule has 0 fully saturated rings. The van der Waals surface area contributed by atoms with Gasteiger partial charge < -0.3 is 15.0 Å². The maximum Gasteiger partial charge on any atom is 0.317 e. The van der Waals surface area contributed by atoms with Crippen molar-refractivity contribution in [2.24, 2.45) is 0 Å². The van der Waals surface area contributed by atoms with Crippen molar-refractivity contribution in [1.82, 2.24) is 15.2 Å². The summed E-state index contributed by atoms with van der Waals surface area (Å²) in [7, 11) is 0. The van der Waals surface area contributed by atoms with E-state index in [1.165, 1.54) is 0 Å². The summed E-state index contributed by atoms with van der Waals surface area (Å²) in [5.74, 6) is 0.747. The van der Waals surface area contributed by atoms with Crippen LogP contribution in [0.1, 0.15) is 26.7 Å². The molecule has 0 aliphatic rings. The molecule has 1 heterocycles. The average molecular weight is 315 g/mol. The van der Waals surface area contributed by atoms with Gasteiger partial charge in [-0.3, -0.25) is 4.98 Å². The molecule has 0 aliphatic carbocycles. The summed E-state index contributed by atoms with van der Waals surface area (Å²) in [4.78, 5) is 18.3. The van der Waals surface area contributed by atoms with E-state index in [2.05, 4.69) is 24.1 Å². The van der Waals surface area contributed by atoms with Crippen LogP contribution < -0.4 is 10.1 Å². The van der Waals surface area contributed by atoms with E-state index < -0.39 is 0 Å². The summed E-state index contributed by atoms with van der Waals surface area (Å²) >= 11 is 0. The van der Waals surface area contributed by atoms with E-state index in [4.69, 9.17) is 4.74 Å². The largest absolute Gasteiger partial charge is 0.489 e. The molecule has 0 saturated carbocycles. The first-order chi connectivity index (χ1) is 11.3. The highest BCUT2D eigenvalue weighted by Gasteiger charge is 2.10. The highest BCUT2D eigenvalue weighted by molar-refractivity contribution is 5.84. The van der Waals surface area contributed by atoms with Gasteiger partial charge >= 0.3 is 6.03 Å². The molecule has 0 radical (unpaired) electrons. The van der Waals surface area contributed by atoms with Gasteiger partial charge in [-0.2, -0.15) is 0 Å². The zero-order valence-electron chi connectivity index (χ0n) is 13.9. The smallest absolute Gasteiger partial charge is 0.317 e. The second-order valence-corrected chi connectivity index (χ2v) is 5.40. The van der Waals surface area contributed by atoms with Gasteiger partial charge in [-0.15, -0.1) is 0 Å². The third kappa shape index (κ3) is 4.84. The third-order valence-electron chi connectivity index (χ3n) is 3.51. The number of hydrogen-bond acceptors (Lipinski definition) is 3. The van der Waals surface area contributed by atoms with Crippen LogP contribution in [0.4, 0.5) is 4.79 Å². The topological polar surface area (TPSA) is 54.5 Å². The standard InChI is InChI=1S/C18H25N3O2/c1-3-12-21(13-4-2)18(22)20-11-14-23-16-9-5-7-15-8-6-10-19-17(15)16/h5-10H,3-4,11-14H2,1-2H3,(H,20,22). The zero-order chi connectivity index (χ0) is 16.5. The lowest BCUT2D eigenvalue weighted by Gasteiger charge is -2.21. The maximum atomic E-state index is 12.1. The Morgan fingerprint density at radius 3 is 2.65 bits per heavy atom. The molecule has 1 aromatic heterocycles. The van der Waals surface area contributed by atoms with E-state index in [0.29, 0.717) is 13.2 Å². The summed E-state index contributed by atoms with van der Waals surface area (Å²) < 4.78 is 5.77. The van der Waals surface area contributed by atoms with Crippen molar-refractivity contribution in [3.05, 3.63) is 36.5 Å². The molecular formula is C18H25N3O2. The van der Waals surface area contributed by atoms with Gasteiger partial charge in [0, 0.05) is 24.7 Å². The van der Waals surface area contributed by atoms with Crippen LogP contribution in [0.15, 0.2) is 36.5 Å². The molecule has 2 rings (SSSR count). The number of nitrogens with one attached hydrogen (secondary N) is 1. The highest BCUT2D eigenvalue weighted by Crippen LogP contribution is 2.22. The van der Waals surface area contributed by atoms with Crippen LogP contribution >= 0.6 is 0 Å². The highest BCUT2D eigenvalue weighted by atomic mass is 16.5. The van der Waals surface area contributed by atoms with Crippen LogP contribution in [0.3, 0.4) is 0 Å². The number of amides is 2. The summed E-state index contributed by atoms with van der Waals surface area (Å²) in [5.41, 5.74) is 0.847. The van der Waals surface area contributed by atoms with E-state index >= 15 is 0 Å². The lowest BCUT2D eigenvalue weighted by molar-refractivity contribution is 0.194. The van der Waals surface area contributed by atoms with Gasteiger partial charge in [0.05, 0.1) is 6.54 Å². The van der Waals surface area contributed by atoms with E-state index in [-0.39, 0.29) is 6.03 Å². The normalized spacial score (nSPS) is 10.5. The Bertz CT molecular complexity index is 619. The van der Waals surface area contributed by atoms with Gasteiger partial charge in [0.15, 0.2) is 0 Å². The van der Waals surface area contributed by atoms with Crippen molar-refractivity contribution in [2.45, 2.75) is 26.7 Å². The molecule has 5 nitrogen and oxygen atoms in total. The van der Waals surface area contributed by atoms with Gasteiger partial charge in [0.25, 0.3) is 0 Å². The number of rotatable bonds is 8. The Kier molecular flexibility index (Phi) is 6.66. The van der Waals surface area contributed by atoms with E-state index in [0.717, 1.165) is 42.6 Å². The number of carbonyl (C=O) groups is 1. The number of carbonyl (C=O) groups excluding carboxylic acids is 1. The molecule has 0 saturated heterocycles. The van der Waals surface area contributed by atoms with Crippen molar-refractivity contribution in [3.63, 3.8) is 0 Å². The first-order valence-electron chi connectivity index (χ1n) is 8.25. The Morgan fingerprint density at radius 1 is 1.17 bits per heavy atom. The van der Waals surface area contributed by atoms with Crippen molar-refractivity contribution < 1.29 is 9.53 Å². The molecule has 0 spiro atoms. The first-order valence-corrected chi connectivity index (χ1v) is 8.25. The van der Waals surface area contributed by atoms with Crippen LogP contribution in [0.25, 0.3) is 10.9 Å². The predicted octanol–water partition coefficient (Wildman–Crippen LogP) is 3.45. The van der Waals surface area contributed by atoms with Crippen molar-refractivity contribution in [1.29, 1.82) is 0 Å². The second kappa shape index (κ2) is 8.98. The van der Waals surface area contributed by atoms with Crippen LogP contribution in [0.5, 0.6) is 5.75 Å². The molecule has 1 N–H and O–H groups in total. The summed E-state index contributed by atoms with van der Waals surface area (Å²) in [6.45, 7) is 6.63. The van der Waals surface area contributed by atoms with Crippen molar-refractivity contribution in [3.8, 4) is 5.75 Å². The summed E-state index contributed by atoms with van der Waals surface area (Å²) in [6, 6.07) is 9.74. The predicted molar refractivity (Wildman–Crippen MR) is 92.8 cm³/mol. The van der Waals surface area contributed by atoms with Gasteiger partial charge in [-0.05, 0) is 25.0 Å². The van der Waals surface area contributed by atoms with Crippen LogP contribution in [-0.2, 0) is 0 Å². The molecule has 1 aromatic carbocycles. The molecule has 2 amide bonds. The fourth-order valence-corrected chi connectivity index (χ4v) is 2.48. The van der Waals surface area contributed by atoms with E-state index in [1.807, 2.05) is 35.2 Å². The van der Waals surface area contributed by atoms with Crippen molar-refractivity contribution >= 4 is 16.9 Å². The van der Waals surface area contributed by atoms with Gasteiger partial charge in [0.1, 0.15) is 17.9 Å². The number of fused-ring (bicyclic) bond motifs is 1. The van der Waals surface area contributed by atoms with Crippen LogP contribution in [0.2, 0.25) is 0 Å². The molecule has 0 unspecified atom stereocenters. The zero-order valence-corrected chi connectivity index (χ0v) is 13.9. The fraction of sp³-hybridized carbons (Fsp3) is 0.444. The third-order valence-corrected chi connectivity index (χ3v) is 3.51. The quantitative estimate of drug-likeness (QED) is 0.759. The molecule has 2 aromatic rings. The van der Waals surface area contributed by atoms with Gasteiger partial charge in [0.2, 0.25) is 0 Å². The number of pyridine rings is 1. The molecule has 0 atom stereocenters. The molecule has 5 heteroatoms. The Balaban J connectivity index is 1.83. The SMILES string of the molecule is CCCN(CCC)C(=O)NCCOc1cccc2cccnc12. The number of ether oxygens (including phenoxy) is 1. The van der Waals surface area contributed by atoms with Gasteiger partial charge in [-0.1, -0.05) is 32.0 Å². The number of aromatic nitrogens is 1. The molecule has 0 aliphatic heterocycles. The van der Waals surface area contributed by atoms with Crippen LogP contribution in [-0.4, -0.2) is 42.2 Å². The molecular weight excluding hydrogens is 290 g/mol. The average Bonchev–Trinajstić information content (AvgIpc) is 2.58. The van der Waals surface area contributed by atoms with Gasteiger partial charge in [-0.25, -0.2) is 4.79 Å². The lowest BCUT2D eigenvalue weighted by atomic mass is 10.2. The Morgan fingerprint density at radius 2 is 1.91 bits per heavy atom. The number of hydrogen-bond donors (Lipinski definition) is 1. The second-order valence-electron chi connectivity index (χ2n) is 5.40. The lowest BCUT2D eigenvalue weighted by Crippen LogP contribution is -2.42. The Hall–Kier alpha value is -2.30. The van der Waals surface area contributed by atoms with Crippen molar-refractivity contribution in [2.75, 3.05) is 26.2 Å². The van der Waals surface area contributed by atoms with Crippen LogP contribution in [0, 0.1) is 0 Å². The minimum Gasteiger partial charge on any atom is -0.489 e. The molecule has 0 bridgehead atoms. The van der Waals surface area contributed by atoms with E-state index in [1.54, 1.807) is 6.20 Å². The van der Waals surface area contributed by atoms with E-state index in [9.17, 15) is 4.79 Å². The Labute approximate surface area is 137 Å². The molecule has 124 valence electrons. The number of benzene rings is 1. The fourth-order valence-electron chi connectivity index (χ4n) is 2.48. The summed E-state index contributed by atoms with van der Waals surface area (Å²) in [5, 5.41) is 3.96. The maximum absolute atomic E-state index is 12.1. The minimum atomic E-state index is -0.0201.